The number of carbonyl (C=O) groups excluding carboxylic acids is 1. The van der Waals surface area contributed by atoms with E-state index in [-0.39, 0.29) is 16.1 Å². The van der Waals surface area contributed by atoms with Crippen molar-refractivity contribution in [1.29, 1.82) is 0 Å². The van der Waals surface area contributed by atoms with Gasteiger partial charge >= 0.3 is 5.97 Å². The monoisotopic (exact) mass is 307 g/mol. The van der Waals surface area contributed by atoms with Crippen molar-refractivity contribution in [2.45, 2.75) is 13.3 Å². The second-order valence-electron chi connectivity index (χ2n) is 4.24. The maximum atomic E-state index is 12.1. The zero-order chi connectivity index (χ0) is 15.6. The van der Waals surface area contributed by atoms with E-state index in [4.69, 9.17) is 5.11 Å². The second-order valence-corrected chi connectivity index (χ2v) is 5.38. The fourth-order valence-corrected chi connectivity index (χ4v) is 2.74. The molecule has 1 aromatic carbocycles. The molecular weight excluding hydrogens is 294 g/mol. The van der Waals surface area contributed by atoms with Crippen molar-refractivity contribution in [3.63, 3.8) is 0 Å². The zero-order valence-electron chi connectivity index (χ0n) is 11.1. The minimum absolute atomic E-state index is 0.00448. The summed E-state index contributed by atoms with van der Waals surface area (Å²) < 4.78 is 0. The average molecular weight is 307 g/mol. The molecule has 110 valence electrons. The van der Waals surface area contributed by atoms with E-state index in [1.165, 1.54) is 24.3 Å². The van der Waals surface area contributed by atoms with Gasteiger partial charge in [0, 0.05) is 4.88 Å². The summed E-state index contributed by atoms with van der Waals surface area (Å²) in [5.74, 6) is -2.78. The van der Waals surface area contributed by atoms with Crippen LogP contribution in [0.1, 0.15) is 32.5 Å². The summed E-state index contributed by atoms with van der Waals surface area (Å²) in [6.45, 7) is 1.88. The first-order valence-electron chi connectivity index (χ1n) is 6.12. The number of aromatic hydroxyl groups is 2. The summed E-state index contributed by atoms with van der Waals surface area (Å²) in [5, 5.41) is 30.8. The number of aryl methyl sites for hydroxylation is 1. The summed E-state index contributed by atoms with van der Waals surface area (Å²) in [6.07, 6.45) is 0.651. The van der Waals surface area contributed by atoms with Gasteiger partial charge in [0.15, 0.2) is 11.5 Å². The highest BCUT2D eigenvalue weighted by molar-refractivity contribution is 7.16. The van der Waals surface area contributed by atoms with Crippen LogP contribution in [0.15, 0.2) is 24.3 Å². The van der Waals surface area contributed by atoms with E-state index in [2.05, 4.69) is 5.32 Å². The van der Waals surface area contributed by atoms with E-state index in [9.17, 15) is 19.8 Å². The van der Waals surface area contributed by atoms with Gasteiger partial charge in [0.25, 0.3) is 5.91 Å². The van der Waals surface area contributed by atoms with E-state index < -0.39 is 23.4 Å². The number of benzene rings is 1. The Morgan fingerprint density at radius 3 is 2.57 bits per heavy atom. The van der Waals surface area contributed by atoms with E-state index >= 15 is 0 Å². The molecule has 1 amide bonds. The van der Waals surface area contributed by atoms with E-state index in [1.54, 1.807) is 0 Å². The van der Waals surface area contributed by atoms with Crippen LogP contribution in [0.25, 0.3) is 0 Å². The highest BCUT2D eigenvalue weighted by Crippen LogP contribution is 2.32. The van der Waals surface area contributed by atoms with Crippen LogP contribution < -0.4 is 5.32 Å². The molecule has 2 rings (SSSR count). The number of carbonyl (C=O) groups is 2. The third-order valence-electron chi connectivity index (χ3n) is 2.85. The Morgan fingerprint density at radius 2 is 1.95 bits per heavy atom. The molecule has 0 atom stereocenters. The number of rotatable bonds is 4. The van der Waals surface area contributed by atoms with Gasteiger partial charge in [0.2, 0.25) is 0 Å². The minimum atomic E-state index is -1.14. The fraction of sp³-hybridized carbons (Fsp3) is 0.143. The molecule has 1 heterocycles. The van der Waals surface area contributed by atoms with Crippen molar-refractivity contribution in [2.24, 2.45) is 0 Å². The standard InChI is InChI=1S/C14H13NO5S/c1-2-7-6-9(14(19)20)13(21-7)15-12(18)8-4-3-5-10(16)11(8)17/h3-6,16-17H,2H2,1H3,(H,15,18)(H,19,20). The molecule has 0 saturated carbocycles. The maximum absolute atomic E-state index is 12.1. The molecule has 0 saturated heterocycles. The number of hydrogen-bond donors (Lipinski definition) is 4. The number of phenols is 2. The van der Waals surface area contributed by atoms with Crippen LogP contribution in [0.4, 0.5) is 5.00 Å². The Labute approximate surface area is 124 Å². The predicted octanol–water partition coefficient (Wildman–Crippen LogP) is 2.67. The van der Waals surface area contributed by atoms with Crippen molar-refractivity contribution in [3.8, 4) is 11.5 Å². The van der Waals surface area contributed by atoms with E-state index in [0.29, 0.717) is 6.42 Å². The lowest BCUT2D eigenvalue weighted by Crippen LogP contribution is -2.13. The quantitative estimate of drug-likeness (QED) is 0.650. The maximum Gasteiger partial charge on any atom is 0.338 e. The SMILES string of the molecule is CCc1cc(C(=O)O)c(NC(=O)c2cccc(O)c2O)s1. The summed E-state index contributed by atoms with van der Waals surface area (Å²) in [5.41, 5.74) is -0.123. The molecule has 0 aliphatic heterocycles. The Bertz CT molecular complexity index is 707. The molecule has 0 fully saturated rings. The molecule has 0 aliphatic carbocycles. The Morgan fingerprint density at radius 1 is 1.24 bits per heavy atom. The zero-order valence-corrected chi connectivity index (χ0v) is 11.9. The number of nitrogens with one attached hydrogen (secondary N) is 1. The smallest absolute Gasteiger partial charge is 0.338 e. The lowest BCUT2D eigenvalue weighted by Gasteiger charge is -2.07. The number of para-hydroxylation sites is 1. The normalized spacial score (nSPS) is 10.3. The molecule has 0 unspecified atom stereocenters. The van der Waals surface area contributed by atoms with Gasteiger partial charge in [-0.1, -0.05) is 13.0 Å². The number of phenolic OH excluding ortho intramolecular Hbond substituents is 2. The van der Waals surface area contributed by atoms with Gasteiger partial charge in [-0.2, -0.15) is 0 Å². The second kappa shape index (κ2) is 5.84. The number of aromatic carboxylic acids is 1. The van der Waals surface area contributed by atoms with Gasteiger partial charge in [0.1, 0.15) is 5.00 Å². The molecule has 7 heteroatoms. The number of carboxylic acids is 1. The van der Waals surface area contributed by atoms with Gasteiger partial charge in [-0.3, -0.25) is 4.79 Å². The first kappa shape index (κ1) is 14.9. The number of thiophene rings is 1. The predicted molar refractivity (Wildman–Crippen MR) is 78.4 cm³/mol. The molecule has 4 N–H and O–H groups in total. The Balaban J connectivity index is 2.33. The van der Waals surface area contributed by atoms with Crippen LogP contribution in [-0.2, 0) is 6.42 Å². The fourth-order valence-electron chi connectivity index (χ4n) is 1.75. The summed E-state index contributed by atoms with van der Waals surface area (Å²) in [7, 11) is 0. The van der Waals surface area contributed by atoms with E-state index in [0.717, 1.165) is 16.2 Å². The molecule has 0 radical (unpaired) electrons. The topological polar surface area (TPSA) is 107 Å². The molecule has 6 nitrogen and oxygen atoms in total. The van der Waals surface area contributed by atoms with Crippen molar-refractivity contribution in [3.05, 3.63) is 40.3 Å². The van der Waals surface area contributed by atoms with Gasteiger partial charge in [-0.15, -0.1) is 11.3 Å². The summed E-state index contributed by atoms with van der Waals surface area (Å²) in [4.78, 5) is 24.1. The molecule has 21 heavy (non-hydrogen) atoms. The minimum Gasteiger partial charge on any atom is -0.504 e. The molecule has 0 spiro atoms. The van der Waals surface area contributed by atoms with Gasteiger partial charge in [-0.25, -0.2) is 4.79 Å². The lowest BCUT2D eigenvalue weighted by atomic mass is 10.1. The molecular formula is C14H13NO5S. The van der Waals surface area contributed by atoms with Crippen LogP contribution in [0.5, 0.6) is 11.5 Å². The van der Waals surface area contributed by atoms with Crippen LogP contribution in [0.2, 0.25) is 0 Å². The van der Waals surface area contributed by atoms with Crippen molar-refractivity contribution < 1.29 is 24.9 Å². The summed E-state index contributed by atoms with van der Waals surface area (Å²) >= 11 is 1.16. The first-order chi connectivity index (χ1) is 9.93. The number of hydrogen-bond acceptors (Lipinski definition) is 5. The van der Waals surface area contributed by atoms with Gasteiger partial charge < -0.3 is 20.6 Å². The lowest BCUT2D eigenvalue weighted by molar-refractivity contribution is 0.0698. The van der Waals surface area contributed by atoms with Crippen LogP contribution in [0.3, 0.4) is 0 Å². The molecule has 0 bridgehead atoms. The van der Waals surface area contributed by atoms with Crippen LogP contribution in [-0.4, -0.2) is 27.2 Å². The Hall–Kier alpha value is -2.54. The first-order valence-corrected chi connectivity index (χ1v) is 6.94. The van der Waals surface area contributed by atoms with Crippen LogP contribution >= 0.6 is 11.3 Å². The Kier molecular flexibility index (Phi) is 4.13. The van der Waals surface area contributed by atoms with Gasteiger partial charge in [-0.05, 0) is 24.6 Å². The number of anilines is 1. The molecule has 1 aromatic heterocycles. The number of amides is 1. The largest absolute Gasteiger partial charge is 0.504 e. The van der Waals surface area contributed by atoms with Gasteiger partial charge in [0.05, 0.1) is 11.1 Å². The van der Waals surface area contributed by atoms with Crippen LogP contribution in [0, 0.1) is 0 Å². The third kappa shape index (κ3) is 2.97. The number of carboxylic acid groups (broad SMARTS) is 1. The highest BCUT2D eigenvalue weighted by Gasteiger charge is 2.19. The van der Waals surface area contributed by atoms with E-state index in [1.807, 2.05) is 6.92 Å². The summed E-state index contributed by atoms with van der Waals surface area (Å²) in [6, 6.07) is 5.49. The molecule has 2 aromatic rings. The average Bonchev–Trinajstić information content (AvgIpc) is 2.85. The highest BCUT2D eigenvalue weighted by atomic mass is 32.1. The van der Waals surface area contributed by atoms with Crippen molar-refractivity contribution in [2.75, 3.05) is 5.32 Å². The molecule has 0 aliphatic rings. The third-order valence-corrected chi connectivity index (χ3v) is 4.04. The van der Waals surface area contributed by atoms with Crippen molar-refractivity contribution >= 4 is 28.2 Å². The van der Waals surface area contributed by atoms with Crippen molar-refractivity contribution in [1.82, 2.24) is 0 Å².